The van der Waals surface area contributed by atoms with E-state index in [4.69, 9.17) is 0 Å². The maximum absolute atomic E-state index is 2.19. The maximum atomic E-state index is 2.19. The van der Waals surface area contributed by atoms with E-state index in [1.807, 2.05) is 0 Å². The minimum atomic E-state index is 1.07. The van der Waals surface area contributed by atoms with Gasteiger partial charge < -0.3 is 0 Å². The van der Waals surface area contributed by atoms with Crippen LogP contribution in [0, 0.1) is 5.92 Å². The second kappa shape index (κ2) is 3.17. The number of rotatable bonds is 2. The molecular weight excluding hydrogens is 140 g/mol. The van der Waals surface area contributed by atoms with E-state index in [1.165, 1.54) is 37.9 Å². The van der Waals surface area contributed by atoms with Crippen molar-refractivity contribution in [3.05, 3.63) is 0 Å². The molecule has 2 fully saturated rings. The molecule has 2 rings (SSSR count). The monoisotopic (exact) mass is 156 g/mol. The van der Waals surface area contributed by atoms with Crippen LogP contribution in [0.5, 0.6) is 0 Å². The Morgan fingerprint density at radius 2 is 1.80 bits per heavy atom. The first-order chi connectivity index (χ1) is 4.95. The fourth-order valence-electron chi connectivity index (χ4n) is 2.09. The van der Waals surface area contributed by atoms with Crippen LogP contribution in [0.3, 0.4) is 0 Å². The van der Waals surface area contributed by atoms with Gasteiger partial charge in [-0.1, -0.05) is 25.7 Å². The highest BCUT2D eigenvalue weighted by Gasteiger charge is 2.24. The largest absolute Gasteiger partial charge is 0.159 e. The summed E-state index contributed by atoms with van der Waals surface area (Å²) in [5.41, 5.74) is 0. The minimum absolute atomic E-state index is 1.07. The summed E-state index contributed by atoms with van der Waals surface area (Å²) >= 11 is 2.19. The second-order valence-electron chi connectivity index (χ2n) is 3.67. The Bertz CT molecular complexity index is 101. The van der Waals surface area contributed by atoms with Gasteiger partial charge in [-0.05, 0) is 24.5 Å². The Balaban J connectivity index is 1.68. The second-order valence-corrected chi connectivity index (χ2v) is 5.08. The molecule has 2 aliphatic rings. The lowest BCUT2D eigenvalue weighted by Crippen LogP contribution is -2.18. The van der Waals surface area contributed by atoms with Crippen molar-refractivity contribution < 1.29 is 0 Å². The van der Waals surface area contributed by atoms with Crippen LogP contribution in [0.4, 0.5) is 0 Å². The highest BCUT2D eigenvalue weighted by molar-refractivity contribution is 8.01. The van der Waals surface area contributed by atoms with E-state index in [2.05, 4.69) is 11.8 Å². The zero-order valence-electron chi connectivity index (χ0n) is 6.51. The lowest BCUT2D eigenvalue weighted by atomic mass is 10.0. The van der Waals surface area contributed by atoms with Gasteiger partial charge in [0, 0.05) is 5.25 Å². The van der Waals surface area contributed by atoms with Crippen molar-refractivity contribution in [2.24, 2.45) is 5.92 Å². The Morgan fingerprint density at radius 3 is 2.30 bits per heavy atom. The molecule has 1 saturated heterocycles. The molecule has 0 nitrogen and oxygen atoms in total. The summed E-state index contributed by atoms with van der Waals surface area (Å²) in [5, 5.41) is 1.07. The smallest absolute Gasteiger partial charge is 0.00575 e. The molecule has 1 heteroatoms. The molecular formula is C9H16S. The van der Waals surface area contributed by atoms with Crippen molar-refractivity contribution in [3.63, 3.8) is 0 Å². The first-order valence-corrected chi connectivity index (χ1v) is 5.61. The summed E-state index contributed by atoms with van der Waals surface area (Å²) in [6.07, 6.45) is 9.17. The molecule has 1 aliphatic carbocycles. The summed E-state index contributed by atoms with van der Waals surface area (Å²) < 4.78 is 0. The van der Waals surface area contributed by atoms with Crippen molar-refractivity contribution in [3.8, 4) is 0 Å². The Labute approximate surface area is 67.8 Å². The zero-order chi connectivity index (χ0) is 6.81. The zero-order valence-corrected chi connectivity index (χ0v) is 7.33. The topological polar surface area (TPSA) is 0 Å². The lowest BCUT2D eigenvalue weighted by Gasteiger charge is -2.27. The first-order valence-electron chi connectivity index (χ1n) is 4.57. The molecule has 1 aliphatic heterocycles. The molecule has 0 spiro atoms. The number of hydrogen-bond donors (Lipinski definition) is 0. The third-order valence-electron chi connectivity index (χ3n) is 2.86. The van der Waals surface area contributed by atoms with Crippen LogP contribution in [0.25, 0.3) is 0 Å². The summed E-state index contributed by atoms with van der Waals surface area (Å²) in [6, 6.07) is 0. The Kier molecular flexibility index (Phi) is 2.22. The number of hydrogen-bond acceptors (Lipinski definition) is 1. The molecule has 10 heavy (non-hydrogen) atoms. The summed E-state index contributed by atoms with van der Waals surface area (Å²) in [6.45, 7) is 0. The van der Waals surface area contributed by atoms with Gasteiger partial charge in [-0.25, -0.2) is 0 Å². The van der Waals surface area contributed by atoms with Crippen LogP contribution in [-0.4, -0.2) is 11.0 Å². The number of thioether (sulfide) groups is 1. The van der Waals surface area contributed by atoms with Crippen LogP contribution in [0.15, 0.2) is 0 Å². The summed E-state index contributed by atoms with van der Waals surface area (Å²) in [4.78, 5) is 0. The van der Waals surface area contributed by atoms with Gasteiger partial charge >= 0.3 is 0 Å². The fraction of sp³-hybridized carbons (Fsp3) is 1.00. The SMILES string of the molecule is C1CCC(CC2CCS2)C1. The molecule has 58 valence electrons. The van der Waals surface area contributed by atoms with E-state index >= 15 is 0 Å². The van der Waals surface area contributed by atoms with E-state index in [1.54, 1.807) is 6.42 Å². The van der Waals surface area contributed by atoms with Crippen LogP contribution < -0.4 is 0 Å². The van der Waals surface area contributed by atoms with Gasteiger partial charge in [0.25, 0.3) is 0 Å². The Hall–Kier alpha value is 0.350. The van der Waals surface area contributed by atoms with Gasteiger partial charge in [0.1, 0.15) is 0 Å². The highest BCUT2D eigenvalue weighted by Crippen LogP contribution is 2.38. The van der Waals surface area contributed by atoms with Gasteiger partial charge in [-0.2, -0.15) is 11.8 Å². The Morgan fingerprint density at radius 1 is 1.10 bits per heavy atom. The van der Waals surface area contributed by atoms with Crippen molar-refractivity contribution in [2.75, 3.05) is 5.75 Å². The van der Waals surface area contributed by atoms with Crippen LogP contribution >= 0.6 is 11.8 Å². The molecule has 1 unspecified atom stereocenters. The molecule has 0 N–H and O–H groups in total. The highest BCUT2D eigenvalue weighted by atomic mass is 32.2. The maximum Gasteiger partial charge on any atom is 0.00575 e. The molecule has 0 aromatic rings. The van der Waals surface area contributed by atoms with Gasteiger partial charge in [0.05, 0.1) is 0 Å². The van der Waals surface area contributed by atoms with E-state index < -0.39 is 0 Å². The molecule has 0 amide bonds. The van der Waals surface area contributed by atoms with Crippen LogP contribution in [-0.2, 0) is 0 Å². The van der Waals surface area contributed by atoms with Gasteiger partial charge in [-0.3, -0.25) is 0 Å². The van der Waals surface area contributed by atoms with E-state index in [0.29, 0.717) is 0 Å². The fourth-order valence-corrected chi connectivity index (χ4v) is 3.07. The van der Waals surface area contributed by atoms with Crippen molar-refractivity contribution in [2.45, 2.75) is 43.8 Å². The van der Waals surface area contributed by atoms with Gasteiger partial charge in [-0.15, -0.1) is 0 Å². The third-order valence-corrected chi connectivity index (χ3v) is 4.24. The third kappa shape index (κ3) is 1.50. The predicted molar refractivity (Wildman–Crippen MR) is 47.4 cm³/mol. The molecule has 1 saturated carbocycles. The molecule has 0 aromatic heterocycles. The molecule has 1 atom stereocenters. The lowest BCUT2D eigenvalue weighted by molar-refractivity contribution is 0.480. The van der Waals surface area contributed by atoms with Crippen LogP contribution in [0.2, 0.25) is 0 Å². The quantitative estimate of drug-likeness (QED) is 0.592. The van der Waals surface area contributed by atoms with E-state index in [-0.39, 0.29) is 0 Å². The average molecular weight is 156 g/mol. The standard InChI is InChI=1S/C9H16S/c1-2-4-8(3-1)7-9-5-6-10-9/h8-9H,1-7H2. The summed E-state index contributed by atoms with van der Waals surface area (Å²) in [7, 11) is 0. The molecule has 0 aromatic carbocycles. The summed E-state index contributed by atoms with van der Waals surface area (Å²) in [5.74, 6) is 2.56. The van der Waals surface area contributed by atoms with Crippen molar-refractivity contribution in [1.29, 1.82) is 0 Å². The normalized spacial score (nSPS) is 34.2. The molecule has 0 radical (unpaired) electrons. The van der Waals surface area contributed by atoms with Crippen LogP contribution in [0.1, 0.15) is 38.5 Å². The molecule has 0 bridgehead atoms. The van der Waals surface area contributed by atoms with E-state index in [0.717, 1.165) is 11.2 Å². The van der Waals surface area contributed by atoms with Gasteiger partial charge in [0.15, 0.2) is 0 Å². The van der Waals surface area contributed by atoms with E-state index in [9.17, 15) is 0 Å². The predicted octanol–water partition coefficient (Wildman–Crippen LogP) is 3.07. The van der Waals surface area contributed by atoms with Gasteiger partial charge in [0.2, 0.25) is 0 Å². The minimum Gasteiger partial charge on any atom is -0.159 e. The average Bonchev–Trinajstić information content (AvgIpc) is 2.29. The molecule has 1 heterocycles. The van der Waals surface area contributed by atoms with Crippen molar-refractivity contribution in [1.82, 2.24) is 0 Å². The first kappa shape index (κ1) is 7.02. The van der Waals surface area contributed by atoms with Crippen molar-refractivity contribution >= 4 is 11.8 Å².